The van der Waals surface area contributed by atoms with Crippen LogP contribution in [0, 0.1) is 0 Å². The number of allylic oxidation sites excluding steroid dienone is 1. The molecule has 0 unspecified atom stereocenters. The van der Waals surface area contributed by atoms with Crippen molar-refractivity contribution in [3.63, 3.8) is 0 Å². The second-order valence-corrected chi connectivity index (χ2v) is 3.14. The molecule has 1 heteroatoms. The van der Waals surface area contributed by atoms with E-state index in [9.17, 15) is 0 Å². The van der Waals surface area contributed by atoms with Crippen LogP contribution in [0.25, 0.3) is 0 Å². The second kappa shape index (κ2) is 5.26. The third-order valence-electron chi connectivity index (χ3n) is 0.526. The van der Waals surface area contributed by atoms with Gasteiger partial charge in [0.25, 0.3) is 0 Å². The Bertz CT molecular complexity index is 32.9. The van der Waals surface area contributed by atoms with E-state index < -0.39 is 0 Å². The Kier molecular flexibility index (Phi) is 5.49. The summed E-state index contributed by atoms with van der Waals surface area (Å²) < 4.78 is 0. The van der Waals surface area contributed by atoms with Crippen molar-refractivity contribution < 1.29 is 0 Å². The molecule has 0 atom stereocenters. The normalized spacial score (nSPS) is 8.17. The van der Waals surface area contributed by atoms with Crippen molar-refractivity contribution in [2.75, 3.05) is 0 Å². The van der Waals surface area contributed by atoms with Crippen molar-refractivity contribution in [2.24, 2.45) is 0 Å². The Balaban J connectivity index is 2.49. The SMILES string of the molecule is C=CCC[Se]C. The van der Waals surface area contributed by atoms with Crippen molar-refractivity contribution in [1.82, 2.24) is 0 Å². The molecule has 0 aromatic heterocycles. The zero-order chi connectivity index (χ0) is 4.83. The molecule has 0 aliphatic heterocycles. The maximum atomic E-state index is 3.61. The molecule has 0 spiro atoms. The van der Waals surface area contributed by atoms with Crippen LogP contribution in [0.4, 0.5) is 0 Å². The molecule has 0 fully saturated rings. The molecule has 0 nitrogen and oxygen atoms in total. The first-order valence-electron chi connectivity index (χ1n) is 2.01. The van der Waals surface area contributed by atoms with E-state index in [1.807, 2.05) is 6.08 Å². The Morgan fingerprint density at radius 1 is 1.83 bits per heavy atom. The monoisotopic (exact) mass is 150 g/mol. The Morgan fingerprint density at radius 3 is 2.67 bits per heavy atom. The Morgan fingerprint density at radius 2 is 2.50 bits per heavy atom. The zero-order valence-corrected chi connectivity index (χ0v) is 5.82. The van der Waals surface area contributed by atoms with Crippen LogP contribution in [0.15, 0.2) is 12.7 Å². The fraction of sp³-hybridized carbons (Fsp3) is 0.600. The second-order valence-electron chi connectivity index (χ2n) is 1.07. The van der Waals surface area contributed by atoms with Gasteiger partial charge in [0.15, 0.2) is 0 Å². The average Bonchev–Trinajstić information content (AvgIpc) is 1.61. The maximum absolute atomic E-state index is 3.61. The summed E-state index contributed by atoms with van der Waals surface area (Å²) in [5.41, 5.74) is 0. The van der Waals surface area contributed by atoms with Gasteiger partial charge in [0.1, 0.15) is 0 Å². The molecule has 0 saturated heterocycles. The molecule has 36 valence electrons. The minimum atomic E-state index is 0.855. The third-order valence-corrected chi connectivity index (χ3v) is 1.88. The van der Waals surface area contributed by atoms with Gasteiger partial charge in [-0.15, -0.1) is 0 Å². The Hall–Kier alpha value is 0.259. The van der Waals surface area contributed by atoms with E-state index in [0.29, 0.717) is 0 Å². The molecule has 0 aromatic rings. The van der Waals surface area contributed by atoms with Crippen molar-refractivity contribution in [3.05, 3.63) is 12.7 Å². The van der Waals surface area contributed by atoms with Crippen LogP contribution in [-0.4, -0.2) is 15.0 Å². The van der Waals surface area contributed by atoms with Gasteiger partial charge in [0, 0.05) is 0 Å². The van der Waals surface area contributed by atoms with E-state index in [1.165, 1.54) is 11.7 Å². The van der Waals surface area contributed by atoms with Crippen LogP contribution in [0.2, 0.25) is 11.1 Å². The zero-order valence-electron chi connectivity index (χ0n) is 4.11. The van der Waals surface area contributed by atoms with Gasteiger partial charge in [0.2, 0.25) is 0 Å². The predicted octanol–water partition coefficient (Wildman–Crippen LogP) is 1.73. The van der Waals surface area contributed by atoms with Crippen LogP contribution in [0.1, 0.15) is 6.42 Å². The first kappa shape index (κ1) is 6.26. The van der Waals surface area contributed by atoms with Crippen molar-refractivity contribution in [3.8, 4) is 0 Å². The molecule has 0 aromatic carbocycles. The first-order chi connectivity index (χ1) is 2.91. The summed E-state index contributed by atoms with van der Waals surface area (Å²) in [5.74, 6) is 2.25. The van der Waals surface area contributed by atoms with Gasteiger partial charge in [-0.05, 0) is 0 Å². The summed E-state index contributed by atoms with van der Waals surface area (Å²) in [6.07, 6.45) is 3.18. The molecular weight excluding hydrogens is 139 g/mol. The molecule has 0 amide bonds. The molecule has 6 heavy (non-hydrogen) atoms. The van der Waals surface area contributed by atoms with Crippen LogP contribution >= 0.6 is 0 Å². The quantitative estimate of drug-likeness (QED) is 0.325. The van der Waals surface area contributed by atoms with Crippen LogP contribution < -0.4 is 0 Å². The molecule has 0 heterocycles. The van der Waals surface area contributed by atoms with Crippen molar-refractivity contribution >= 4 is 15.0 Å². The van der Waals surface area contributed by atoms with Gasteiger partial charge in [-0.3, -0.25) is 0 Å². The summed E-state index contributed by atoms with van der Waals surface area (Å²) in [6, 6.07) is 0. The summed E-state index contributed by atoms with van der Waals surface area (Å²) in [6.45, 7) is 3.61. The molecule has 0 aliphatic rings. The van der Waals surface area contributed by atoms with E-state index in [0.717, 1.165) is 15.0 Å². The van der Waals surface area contributed by atoms with Gasteiger partial charge >= 0.3 is 45.2 Å². The molecule has 0 radical (unpaired) electrons. The number of hydrogen-bond donors (Lipinski definition) is 0. The van der Waals surface area contributed by atoms with E-state index in [1.54, 1.807) is 0 Å². The van der Waals surface area contributed by atoms with Gasteiger partial charge in [0.05, 0.1) is 0 Å². The fourth-order valence-electron chi connectivity index (χ4n) is 0.201. The minimum absolute atomic E-state index is 0.855. The molecule has 0 N–H and O–H groups in total. The predicted molar refractivity (Wildman–Crippen MR) is 31.2 cm³/mol. The number of rotatable bonds is 3. The standard InChI is InChI=1S/C5H10Se/c1-3-4-5-6-2/h3H,1,4-5H2,2H3. The van der Waals surface area contributed by atoms with Crippen LogP contribution in [0.5, 0.6) is 0 Å². The average molecular weight is 149 g/mol. The Labute approximate surface area is 45.8 Å². The summed E-state index contributed by atoms with van der Waals surface area (Å²) in [4.78, 5) is 0. The van der Waals surface area contributed by atoms with Crippen molar-refractivity contribution in [2.45, 2.75) is 17.6 Å². The van der Waals surface area contributed by atoms with E-state index >= 15 is 0 Å². The molecule has 0 rings (SSSR count). The molecule has 0 aliphatic carbocycles. The van der Waals surface area contributed by atoms with E-state index in [4.69, 9.17) is 0 Å². The summed E-state index contributed by atoms with van der Waals surface area (Å²) in [5, 5.41) is 1.36. The van der Waals surface area contributed by atoms with Gasteiger partial charge in [-0.2, -0.15) is 0 Å². The molecular formula is C5H10Se. The van der Waals surface area contributed by atoms with Gasteiger partial charge in [-0.25, -0.2) is 0 Å². The molecule has 0 saturated carbocycles. The van der Waals surface area contributed by atoms with Gasteiger partial charge < -0.3 is 0 Å². The fourth-order valence-corrected chi connectivity index (χ4v) is 1.05. The topological polar surface area (TPSA) is 0 Å². The summed E-state index contributed by atoms with van der Waals surface area (Å²) in [7, 11) is 0. The molecule has 0 bridgehead atoms. The van der Waals surface area contributed by atoms with E-state index in [2.05, 4.69) is 12.4 Å². The van der Waals surface area contributed by atoms with E-state index in [-0.39, 0.29) is 0 Å². The number of hydrogen-bond acceptors (Lipinski definition) is 0. The van der Waals surface area contributed by atoms with Crippen LogP contribution in [0.3, 0.4) is 0 Å². The van der Waals surface area contributed by atoms with Gasteiger partial charge in [-0.1, -0.05) is 0 Å². The first-order valence-corrected chi connectivity index (χ1v) is 4.94. The van der Waals surface area contributed by atoms with Crippen molar-refractivity contribution in [1.29, 1.82) is 0 Å². The van der Waals surface area contributed by atoms with Crippen LogP contribution in [-0.2, 0) is 0 Å². The summed E-state index contributed by atoms with van der Waals surface area (Å²) >= 11 is 0.855. The third kappa shape index (κ3) is 4.26.